The molecule has 0 radical (unpaired) electrons. The van der Waals surface area contributed by atoms with Crippen molar-refractivity contribution in [1.29, 1.82) is 0 Å². The lowest BCUT2D eigenvalue weighted by molar-refractivity contribution is -0.272. The second kappa shape index (κ2) is 6.94. The van der Waals surface area contributed by atoms with E-state index in [4.69, 9.17) is 0 Å². The topological polar surface area (TPSA) is 85.4 Å². The Kier molecular flexibility index (Phi) is 4.73. The third-order valence-electron chi connectivity index (χ3n) is 5.65. The molecule has 2 aromatic carbocycles. The van der Waals surface area contributed by atoms with E-state index < -0.39 is 53.1 Å². The average molecular weight is 440 g/mol. The number of aromatic nitrogens is 1. The SMILES string of the molecule is C[C@@H]1C[C@](O)(C(F)(F)F)C(Nc2cc(F)cc3[nH]c(=O)ccc23)c2cc(F)cc(O)c21. The highest BCUT2D eigenvalue weighted by Gasteiger charge is 2.62. The number of nitrogens with one attached hydrogen (secondary N) is 2. The molecule has 1 aromatic heterocycles. The molecule has 4 rings (SSSR count). The number of fused-ring (bicyclic) bond motifs is 2. The van der Waals surface area contributed by atoms with E-state index in [1.807, 2.05) is 0 Å². The van der Waals surface area contributed by atoms with Crippen LogP contribution in [0.4, 0.5) is 27.6 Å². The molecule has 0 spiro atoms. The van der Waals surface area contributed by atoms with Crippen LogP contribution in [0.25, 0.3) is 10.9 Å². The lowest BCUT2D eigenvalue weighted by Crippen LogP contribution is -2.55. The number of pyridine rings is 1. The maximum absolute atomic E-state index is 14.1. The minimum Gasteiger partial charge on any atom is -0.508 e. The second-order valence-electron chi connectivity index (χ2n) is 7.77. The second-order valence-corrected chi connectivity index (χ2v) is 7.77. The van der Waals surface area contributed by atoms with Crippen LogP contribution in [0.3, 0.4) is 0 Å². The maximum atomic E-state index is 14.1. The standard InChI is InChI=1S/C21H17F5N2O3/c1-9-8-20(31,21(24,25)26)19(13-4-10(22)7-16(29)18(9)13)28-15-6-11(23)5-14-12(15)2-3-17(30)27-14/h2-7,9,19,28-29,31H,8H2,1H3,(H,27,30)/t9-,19?,20-/m1/s1. The average Bonchev–Trinajstić information content (AvgIpc) is 2.62. The summed E-state index contributed by atoms with van der Waals surface area (Å²) in [5, 5.41) is 23.6. The number of hydrogen-bond donors (Lipinski definition) is 4. The zero-order valence-electron chi connectivity index (χ0n) is 16.0. The third kappa shape index (κ3) is 3.40. The first-order chi connectivity index (χ1) is 14.4. The number of alkyl halides is 3. The van der Waals surface area contributed by atoms with Gasteiger partial charge in [-0.25, -0.2) is 8.78 Å². The van der Waals surface area contributed by atoms with Crippen molar-refractivity contribution < 1.29 is 32.2 Å². The molecular weight excluding hydrogens is 423 g/mol. The zero-order valence-corrected chi connectivity index (χ0v) is 16.0. The molecule has 5 nitrogen and oxygen atoms in total. The van der Waals surface area contributed by atoms with Crippen LogP contribution < -0.4 is 10.9 Å². The van der Waals surface area contributed by atoms with Crippen molar-refractivity contribution in [3.63, 3.8) is 0 Å². The Morgan fingerprint density at radius 2 is 1.81 bits per heavy atom. The third-order valence-corrected chi connectivity index (χ3v) is 5.65. The molecule has 1 aliphatic rings. The number of benzene rings is 2. The van der Waals surface area contributed by atoms with Crippen LogP contribution in [-0.4, -0.2) is 27.0 Å². The summed E-state index contributed by atoms with van der Waals surface area (Å²) in [6.45, 7) is 1.38. The van der Waals surface area contributed by atoms with Gasteiger partial charge in [-0.15, -0.1) is 0 Å². The van der Waals surface area contributed by atoms with Crippen molar-refractivity contribution in [1.82, 2.24) is 4.98 Å². The van der Waals surface area contributed by atoms with Gasteiger partial charge in [0.1, 0.15) is 17.4 Å². The summed E-state index contributed by atoms with van der Waals surface area (Å²) in [6.07, 6.45) is -5.94. The van der Waals surface area contributed by atoms with E-state index in [2.05, 4.69) is 10.3 Å². The first-order valence-corrected chi connectivity index (χ1v) is 9.31. The van der Waals surface area contributed by atoms with Gasteiger partial charge in [0.15, 0.2) is 5.60 Å². The van der Waals surface area contributed by atoms with Crippen molar-refractivity contribution in [3.05, 3.63) is 69.5 Å². The molecule has 0 aliphatic heterocycles. The van der Waals surface area contributed by atoms with Crippen LogP contribution in [0, 0.1) is 11.6 Å². The van der Waals surface area contributed by atoms with E-state index in [1.165, 1.54) is 13.0 Å². The maximum Gasteiger partial charge on any atom is 0.419 e. The summed E-state index contributed by atoms with van der Waals surface area (Å²) < 4.78 is 70.3. The smallest absolute Gasteiger partial charge is 0.419 e. The van der Waals surface area contributed by atoms with Crippen LogP contribution in [0.1, 0.15) is 36.4 Å². The number of hydrogen-bond acceptors (Lipinski definition) is 4. The molecular formula is C21H17F5N2O3. The molecule has 10 heteroatoms. The number of aromatic hydroxyl groups is 1. The van der Waals surface area contributed by atoms with Crippen molar-refractivity contribution in [3.8, 4) is 5.75 Å². The Morgan fingerprint density at radius 3 is 2.48 bits per heavy atom. The highest BCUT2D eigenvalue weighted by molar-refractivity contribution is 5.91. The van der Waals surface area contributed by atoms with Gasteiger partial charge in [-0.2, -0.15) is 13.2 Å². The fourth-order valence-electron chi connectivity index (χ4n) is 4.33. The summed E-state index contributed by atoms with van der Waals surface area (Å²) in [7, 11) is 0. The Bertz CT molecular complexity index is 1240. The van der Waals surface area contributed by atoms with E-state index >= 15 is 0 Å². The number of H-pyrrole nitrogens is 1. The molecule has 4 N–H and O–H groups in total. The summed E-state index contributed by atoms with van der Waals surface area (Å²) in [5.41, 5.74) is -4.25. The monoisotopic (exact) mass is 440 g/mol. The summed E-state index contributed by atoms with van der Waals surface area (Å²) in [5.74, 6) is -3.32. The number of anilines is 1. The molecule has 3 atom stereocenters. The fourth-order valence-corrected chi connectivity index (χ4v) is 4.33. The van der Waals surface area contributed by atoms with Gasteiger partial charge >= 0.3 is 6.18 Å². The number of aromatic amines is 1. The Labute approximate surface area is 172 Å². The molecule has 0 bridgehead atoms. The van der Waals surface area contributed by atoms with Gasteiger partial charge in [-0.3, -0.25) is 4.79 Å². The molecule has 0 saturated carbocycles. The van der Waals surface area contributed by atoms with E-state index in [-0.39, 0.29) is 27.7 Å². The molecule has 0 saturated heterocycles. The molecule has 1 unspecified atom stereocenters. The van der Waals surface area contributed by atoms with Gasteiger partial charge in [-0.05, 0) is 42.2 Å². The Morgan fingerprint density at radius 1 is 1.13 bits per heavy atom. The highest BCUT2D eigenvalue weighted by atomic mass is 19.4. The van der Waals surface area contributed by atoms with Crippen LogP contribution in [0.5, 0.6) is 5.75 Å². The van der Waals surface area contributed by atoms with Gasteiger partial charge in [-0.1, -0.05) is 6.92 Å². The molecule has 1 aliphatic carbocycles. The van der Waals surface area contributed by atoms with Gasteiger partial charge < -0.3 is 20.5 Å². The van der Waals surface area contributed by atoms with Gasteiger partial charge in [0, 0.05) is 28.8 Å². The first-order valence-electron chi connectivity index (χ1n) is 9.31. The van der Waals surface area contributed by atoms with E-state index in [9.17, 15) is 37.0 Å². The molecule has 31 heavy (non-hydrogen) atoms. The van der Waals surface area contributed by atoms with Gasteiger partial charge in [0.05, 0.1) is 11.6 Å². The van der Waals surface area contributed by atoms with Crippen LogP contribution in [0.15, 0.2) is 41.2 Å². The van der Waals surface area contributed by atoms with Crippen molar-refractivity contribution >= 4 is 16.6 Å². The number of rotatable bonds is 2. The first kappa shape index (κ1) is 21.1. The van der Waals surface area contributed by atoms with E-state index in [1.54, 1.807) is 0 Å². The predicted octanol–water partition coefficient (Wildman–Crippen LogP) is 4.47. The van der Waals surface area contributed by atoms with Crippen LogP contribution in [-0.2, 0) is 0 Å². The zero-order chi connectivity index (χ0) is 22.7. The number of phenols is 1. The summed E-state index contributed by atoms with van der Waals surface area (Å²) >= 11 is 0. The van der Waals surface area contributed by atoms with E-state index in [0.717, 1.165) is 30.3 Å². The quantitative estimate of drug-likeness (QED) is 0.443. The summed E-state index contributed by atoms with van der Waals surface area (Å²) in [4.78, 5) is 13.9. The Balaban J connectivity index is 1.96. The molecule has 164 valence electrons. The van der Waals surface area contributed by atoms with Crippen LogP contribution >= 0.6 is 0 Å². The van der Waals surface area contributed by atoms with Gasteiger partial charge in [0.2, 0.25) is 5.56 Å². The van der Waals surface area contributed by atoms with Crippen molar-refractivity contribution in [2.75, 3.05) is 5.32 Å². The number of phenolic OH excluding ortho intramolecular Hbond substituents is 1. The van der Waals surface area contributed by atoms with Gasteiger partial charge in [0.25, 0.3) is 0 Å². The minimum atomic E-state index is -5.13. The predicted molar refractivity (Wildman–Crippen MR) is 103 cm³/mol. The number of aliphatic hydroxyl groups is 1. The number of halogens is 5. The summed E-state index contributed by atoms with van der Waals surface area (Å²) in [6, 6.07) is 3.95. The highest BCUT2D eigenvalue weighted by Crippen LogP contribution is 2.54. The molecule has 0 fully saturated rings. The lowest BCUT2D eigenvalue weighted by atomic mass is 9.70. The van der Waals surface area contributed by atoms with Crippen molar-refractivity contribution in [2.45, 2.75) is 37.1 Å². The largest absolute Gasteiger partial charge is 0.508 e. The Hall–Kier alpha value is -3.14. The normalized spacial score (nSPS) is 23.6. The van der Waals surface area contributed by atoms with Crippen molar-refractivity contribution in [2.24, 2.45) is 0 Å². The molecule has 0 amide bonds. The lowest BCUT2D eigenvalue weighted by Gasteiger charge is -2.45. The molecule has 3 aromatic rings. The fraction of sp³-hybridized carbons (Fsp3) is 0.286. The molecule has 1 heterocycles. The van der Waals surface area contributed by atoms with E-state index in [0.29, 0.717) is 0 Å². The minimum absolute atomic E-state index is 0.0250. The van der Waals surface area contributed by atoms with Crippen LogP contribution in [0.2, 0.25) is 0 Å².